The molecule has 0 spiro atoms. The van der Waals surface area contributed by atoms with E-state index < -0.39 is 0 Å². The van der Waals surface area contributed by atoms with Crippen LogP contribution in [0.4, 0.5) is 0 Å². The van der Waals surface area contributed by atoms with Crippen molar-refractivity contribution in [2.45, 2.75) is 19.0 Å². The summed E-state index contributed by atoms with van der Waals surface area (Å²) in [4.78, 5) is 0. The van der Waals surface area contributed by atoms with Gasteiger partial charge in [-0.25, -0.2) is 0 Å². The molecule has 0 bridgehead atoms. The van der Waals surface area contributed by atoms with Crippen LogP contribution in [-0.2, 0) is 11.3 Å². The molecule has 1 aromatic heterocycles. The molecular formula is C14H18ClNOS. The second kappa shape index (κ2) is 7.10. The van der Waals surface area contributed by atoms with E-state index in [-0.39, 0.29) is 0 Å². The second-order valence-electron chi connectivity index (χ2n) is 4.27. The Morgan fingerprint density at radius 1 is 1.39 bits per heavy atom. The van der Waals surface area contributed by atoms with Crippen molar-refractivity contribution in [1.29, 1.82) is 0 Å². The van der Waals surface area contributed by atoms with Crippen molar-refractivity contribution in [3.05, 3.63) is 35.2 Å². The third-order valence-corrected chi connectivity index (χ3v) is 4.20. The lowest BCUT2D eigenvalue weighted by Gasteiger charge is -2.16. The molecule has 0 aliphatic carbocycles. The Bertz CT molecular complexity index is 479. The van der Waals surface area contributed by atoms with Gasteiger partial charge in [-0.1, -0.05) is 18.2 Å². The first-order chi connectivity index (χ1) is 8.85. The molecule has 18 heavy (non-hydrogen) atoms. The van der Waals surface area contributed by atoms with E-state index in [0.29, 0.717) is 18.5 Å². The van der Waals surface area contributed by atoms with Crippen molar-refractivity contribution in [2.24, 2.45) is 0 Å². The number of hydrogen-bond donors (Lipinski definition) is 1. The van der Waals surface area contributed by atoms with E-state index in [1.165, 1.54) is 15.6 Å². The Balaban J connectivity index is 2.00. The van der Waals surface area contributed by atoms with E-state index in [2.05, 4.69) is 35.0 Å². The third kappa shape index (κ3) is 3.45. The van der Waals surface area contributed by atoms with Crippen LogP contribution in [0.15, 0.2) is 29.6 Å². The zero-order chi connectivity index (χ0) is 12.8. The molecule has 0 aliphatic heterocycles. The molecule has 4 heteroatoms. The van der Waals surface area contributed by atoms with Gasteiger partial charge in [0.05, 0.1) is 6.61 Å². The lowest BCUT2D eigenvalue weighted by atomic mass is 10.1. The summed E-state index contributed by atoms with van der Waals surface area (Å²) in [6.07, 6.45) is 0.928. The fourth-order valence-electron chi connectivity index (χ4n) is 2.00. The van der Waals surface area contributed by atoms with Gasteiger partial charge in [0.25, 0.3) is 0 Å². The molecule has 0 saturated heterocycles. The van der Waals surface area contributed by atoms with Crippen LogP contribution in [0.3, 0.4) is 0 Å². The number of alkyl halides is 1. The summed E-state index contributed by atoms with van der Waals surface area (Å²) in [5.41, 5.74) is 1.35. The summed E-state index contributed by atoms with van der Waals surface area (Å²) in [6.45, 7) is 1.57. The van der Waals surface area contributed by atoms with Gasteiger partial charge in [-0.3, -0.25) is 0 Å². The first kappa shape index (κ1) is 13.8. The largest absolute Gasteiger partial charge is 0.383 e. The van der Waals surface area contributed by atoms with Crippen LogP contribution < -0.4 is 5.32 Å². The van der Waals surface area contributed by atoms with Gasteiger partial charge < -0.3 is 10.1 Å². The Labute approximate surface area is 117 Å². The van der Waals surface area contributed by atoms with E-state index in [9.17, 15) is 0 Å². The molecule has 0 amide bonds. The molecule has 1 atom stereocenters. The van der Waals surface area contributed by atoms with Gasteiger partial charge in [-0.05, 0) is 28.8 Å². The molecule has 0 saturated carbocycles. The standard InChI is InChI=1S/C14H18ClNOS/c1-17-9-12(6-7-15)16-8-11-10-18-14-5-3-2-4-13(11)14/h2-5,10,12,16H,6-9H2,1H3. The van der Waals surface area contributed by atoms with Crippen LogP contribution in [0.1, 0.15) is 12.0 Å². The number of hydrogen-bond acceptors (Lipinski definition) is 3. The van der Waals surface area contributed by atoms with Gasteiger partial charge in [-0.15, -0.1) is 22.9 Å². The molecule has 1 N–H and O–H groups in total. The molecule has 2 nitrogen and oxygen atoms in total. The van der Waals surface area contributed by atoms with Crippen molar-refractivity contribution < 1.29 is 4.74 Å². The molecule has 1 aromatic carbocycles. The maximum absolute atomic E-state index is 5.79. The Hall–Kier alpha value is -0.610. The monoisotopic (exact) mass is 283 g/mol. The number of nitrogens with one attached hydrogen (secondary N) is 1. The average molecular weight is 284 g/mol. The van der Waals surface area contributed by atoms with E-state index in [4.69, 9.17) is 16.3 Å². The Morgan fingerprint density at radius 2 is 2.22 bits per heavy atom. The maximum Gasteiger partial charge on any atom is 0.0616 e. The number of rotatable bonds is 7. The average Bonchev–Trinajstić information content (AvgIpc) is 2.80. The predicted molar refractivity (Wildman–Crippen MR) is 79.7 cm³/mol. The van der Waals surface area contributed by atoms with E-state index in [0.717, 1.165) is 13.0 Å². The molecule has 0 radical (unpaired) electrons. The number of ether oxygens (including phenoxy) is 1. The predicted octanol–water partition coefficient (Wildman–Crippen LogP) is 3.63. The van der Waals surface area contributed by atoms with E-state index in [1.54, 1.807) is 18.4 Å². The number of benzene rings is 1. The van der Waals surface area contributed by atoms with Gasteiger partial charge in [0.15, 0.2) is 0 Å². The minimum absolute atomic E-state index is 0.325. The third-order valence-electron chi connectivity index (χ3n) is 2.97. The van der Waals surface area contributed by atoms with Crippen molar-refractivity contribution >= 4 is 33.0 Å². The summed E-state index contributed by atoms with van der Waals surface area (Å²) in [5, 5.41) is 7.08. The molecule has 2 aromatic rings. The first-order valence-corrected chi connectivity index (χ1v) is 7.50. The highest BCUT2D eigenvalue weighted by Crippen LogP contribution is 2.25. The number of methoxy groups -OCH3 is 1. The van der Waals surface area contributed by atoms with E-state index >= 15 is 0 Å². The minimum atomic E-state index is 0.325. The zero-order valence-corrected chi connectivity index (χ0v) is 12.1. The highest BCUT2D eigenvalue weighted by molar-refractivity contribution is 7.17. The fraction of sp³-hybridized carbons (Fsp3) is 0.429. The quantitative estimate of drug-likeness (QED) is 0.784. The zero-order valence-electron chi connectivity index (χ0n) is 10.5. The van der Waals surface area contributed by atoms with E-state index in [1.807, 2.05) is 0 Å². The highest BCUT2D eigenvalue weighted by atomic mass is 35.5. The topological polar surface area (TPSA) is 21.3 Å². The van der Waals surface area contributed by atoms with Crippen LogP contribution in [0.25, 0.3) is 10.1 Å². The first-order valence-electron chi connectivity index (χ1n) is 6.08. The van der Waals surface area contributed by atoms with Crippen LogP contribution in [0, 0.1) is 0 Å². The lowest BCUT2D eigenvalue weighted by molar-refractivity contribution is 0.164. The van der Waals surface area contributed by atoms with Crippen LogP contribution in [0.2, 0.25) is 0 Å². The summed E-state index contributed by atoms with van der Waals surface area (Å²) in [7, 11) is 1.73. The van der Waals surface area contributed by atoms with Crippen molar-refractivity contribution in [3.8, 4) is 0 Å². The fourth-order valence-corrected chi connectivity index (χ4v) is 3.23. The number of fused-ring (bicyclic) bond motifs is 1. The van der Waals surface area contributed by atoms with Crippen molar-refractivity contribution in [3.63, 3.8) is 0 Å². The SMILES string of the molecule is COCC(CCCl)NCc1csc2ccccc12. The lowest BCUT2D eigenvalue weighted by Crippen LogP contribution is -2.33. The summed E-state index contributed by atoms with van der Waals surface area (Å²) in [6, 6.07) is 8.83. The smallest absolute Gasteiger partial charge is 0.0616 e. The molecule has 0 fully saturated rings. The summed E-state index contributed by atoms with van der Waals surface area (Å²) in [5.74, 6) is 0.658. The Kier molecular flexibility index (Phi) is 5.45. The van der Waals surface area contributed by atoms with Gasteiger partial charge in [-0.2, -0.15) is 0 Å². The van der Waals surface area contributed by atoms with Gasteiger partial charge in [0, 0.05) is 30.3 Å². The normalized spacial score (nSPS) is 13.0. The van der Waals surface area contributed by atoms with Gasteiger partial charge >= 0.3 is 0 Å². The van der Waals surface area contributed by atoms with Crippen molar-refractivity contribution in [2.75, 3.05) is 19.6 Å². The molecular weight excluding hydrogens is 266 g/mol. The maximum atomic E-state index is 5.79. The summed E-state index contributed by atoms with van der Waals surface area (Å²) >= 11 is 7.59. The molecule has 1 unspecified atom stereocenters. The van der Waals surface area contributed by atoms with Crippen LogP contribution in [0.5, 0.6) is 0 Å². The minimum Gasteiger partial charge on any atom is -0.383 e. The molecule has 1 heterocycles. The molecule has 2 rings (SSSR count). The highest BCUT2D eigenvalue weighted by Gasteiger charge is 2.09. The van der Waals surface area contributed by atoms with Crippen LogP contribution in [-0.4, -0.2) is 25.6 Å². The van der Waals surface area contributed by atoms with Crippen molar-refractivity contribution in [1.82, 2.24) is 5.32 Å². The number of halogens is 1. The summed E-state index contributed by atoms with van der Waals surface area (Å²) < 4.78 is 6.54. The Morgan fingerprint density at radius 3 is 3.00 bits per heavy atom. The number of thiophene rings is 1. The van der Waals surface area contributed by atoms with Crippen LogP contribution >= 0.6 is 22.9 Å². The molecule has 98 valence electrons. The van der Waals surface area contributed by atoms with Gasteiger partial charge in [0.1, 0.15) is 0 Å². The molecule has 0 aliphatic rings. The second-order valence-corrected chi connectivity index (χ2v) is 5.56. The van der Waals surface area contributed by atoms with Gasteiger partial charge in [0.2, 0.25) is 0 Å².